The number of imidazole rings is 1. The molecule has 0 bridgehead atoms. The van der Waals surface area contributed by atoms with Crippen LogP contribution in [-0.4, -0.2) is 51.1 Å². The number of nitrogens with zero attached hydrogens (tertiary/aromatic N) is 5. The van der Waals surface area contributed by atoms with Gasteiger partial charge in [0.25, 0.3) is 0 Å². The smallest absolute Gasteiger partial charge is 0.336 e. The molecule has 3 aromatic rings. The van der Waals surface area contributed by atoms with Crippen molar-refractivity contribution >= 4 is 23.7 Å². The topological polar surface area (TPSA) is 109 Å². The van der Waals surface area contributed by atoms with Gasteiger partial charge in [-0.25, -0.2) is 9.78 Å². The molecular formula is C27H27N5O4. The van der Waals surface area contributed by atoms with E-state index in [1.807, 2.05) is 41.1 Å². The van der Waals surface area contributed by atoms with E-state index in [0.717, 1.165) is 17.7 Å². The number of hydrogen-bond donors (Lipinski definition) is 0. The van der Waals surface area contributed by atoms with E-state index in [-0.39, 0.29) is 12.2 Å². The Kier molecular flexibility index (Phi) is 7.79. The fourth-order valence-corrected chi connectivity index (χ4v) is 4.24. The number of methoxy groups -OCH3 is 1. The minimum atomic E-state index is -0.797. The molecule has 0 aliphatic carbocycles. The van der Waals surface area contributed by atoms with Gasteiger partial charge in [-0.2, -0.15) is 10.2 Å². The van der Waals surface area contributed by atoms with Crippen LogP contribution in [0.2, 0.25) is 0 Å². The summed E-state index contributed by atoms with van der Waals surface area (Å²) < 4.78 is 12.6. The second-order valence-corrected chi connectivity index (χ2v) is 8.36. The van der Waals surface area contributed by atoms with Crippen molar-refractivity contribution in [1.29, 1.82) is 0 Å². The van der Waals surface area contributed by atoms with Crippen LogP contribution in [0.1, 0.15) is 36.6 Å². The van der Waals surface area contributed by atoms with Crippen LogP contribution in [0.15, 0.2) is 83.7 Å². The lowest BCUT2D eigenvalue weighted by atomic mass is 9.77. The molecule has 2 aromatic heterocycles. The lowest BCUT2D eigenvalue weighted by molar-refractivity contribution is -0.144. The Morgan fingerprint density at radius 2 is 1.92 bits per heavy atom. The maximum atomic E-state index is 13.2. The molecule has 0 amide bonds. The van der Waals surface area contributed by atoms with E-state index in [4.69, 9.17) is 9.47 Å². The lowest BCUT2D eigenvalue weighted by Crippen LogP contribution is -2.36. The normalized spacial score (nSPS) is 17.7. The summed E-state index contributed by atoms with van der Waals surface area (Å²) in [6.45, 7) is 4.26. The van der Waals surface area contributed by atoms with Crippen LogP contribution in [0.4, 0.5) is 0 Å². The number of hydrogen-bond acceptors (Lipinski definition) is 8. The van der Waals surface area contributed by atoms with Gasteiger partial charge in [-0.15, -0.1) is 0 Å². The zero-order valence-corrected chi connectivity index (χ0v) is 20.4. The summed E-state index contributed by atoms with van der Waals surface area (Å²) in [5.74, 6) is -2.56. The Morgan fingerprint density at radius 3 is 2.58 bits per heavy atom. The Bertz CT molecular complexity index is 1300. The summed E-state index contributed by atoms with van der Waals surface area (Å²) in [6.07, 6.45) is 10.6. The first-order chi connectivity index (χ1) is 17.5. The molecule has 0 spiro atoms. The summed E-state index contributed by atoms with van der Waals surface area (Å²) in [5, 5.41) is 8.09. The molecule has 4 rings (SSSR count). The number of allylic oxidation sites excluding steroid dienone is 1. The highest BCUT2D eigenvalue weighted by atomic mass is 16.5. The number of rotatable bonds is 8. The summed E-state index contributed by atoms with van der Waals surface area (Å²) in [7, 11) is 1.31. The average molecular weight is 486 g/mol. The first-order valence-corrected chi connectivity index (χ1v) is 11.5. The molecule has 0 saturated carbocycles. The Labute approximate surface area is 209 Å². The number of aliphatic imine (C=N–C) groups is 1. The van der Waals surface area contributed by atoms with Crippen molar-refractivity contribution in [1.82, 2.24) is 19.7 Å². The Morgan fingerprint density at radius 1 is 1.11 bits per heavy atom. The highest BCUT2D eigenvalue weighted by Crippen LogP contribution is 2.39. The van der Waals surface area contributed by atoms with E-state index < -0.39 is 23.8 Å². The highest BCUT2D eigenvalue weighted by Gasteiger charge is 2.43. The Hall–Kier alpha value is -4.40. The average Bonchev–Trinajstić information content (AvgIpc) is 3.40. The van der Waals surface area contributed by atoms with Crippen molar-refractivity contribution in [3.8, 4) is 0 Å². The summed E-state index contributed by atoms with van der Waals surface area (Å²) in [5.41, 5.74) is 3.90. The summed E-state index contributed by atoms with van der Waals surface area (Å²) >= 11 is 0. The molecular weight excluding hydrogens is 458 g/mol. The van der Waals surface area contributed by atoms with Crippen molar-refractivity contribution in [2.75, 3.05) is 13.7 Å². The molecule has 0 saturated heterocycles. The van der Waals surface area contributed by atoms with Gasteiger partial charge in [0, 0.05) is 36.5 Å². The largest absolute Gasteiger partial charge is 0.468 e. The van der Waals surface area contributed by atoms with Gasteiger partial charge in [0.2, 0.25) is 0 Å². The number of carbonyl (C=O) groups excluding carboxylic acids is 2. The monoisotopic (exact) mass is 485 g/mol. The molecule has 36 heavy (non-hydrogen) atoms. The van der Waals surface area contributed by atoms with Crippen molar-refractivity contribution in [2.24, 2.45) is 10.9 Å². The highest BCUT2D eigenvalue weighted by molar-refractivity contribution is 6.06. The second kappa shape index (κ2) is 11.4. The zero-order chi connectivity index (χ0) is 25.5. The predicted molar refractivity (Wildman–Crippen MR) is 134 cm³/mol. The third kappa shape index (κ3) is 5.63. The molecule has 2 atom stereocenters. The van der Waals surface area contributed by atoms with E-state index >= 15 is 0 Å². The van der Waals surface area contributed by atoms with E-state index in [0.29, 0.717) is 17.1 Å². The van der Waals surface area contributed by atoms with Crippen LogP contribution in [0.3, 0.4) is 0 Å². The van der Waals surface area contributed by atoms with Crippen LogP contribution in [0, 0.1) is 5.92 Å². The number of carbonyl (C=O) groups is 2. The minimum absolute atomic E-state index is 0.0607. The van der Waals surface area contributed by atoms with Crippen LogP contribution >= 0.6 is 0 Å². The molecule has 1 aliphatic rings. The first-order valence-electron chi connectivity index (χ1n) is 11.5. The van der Waals surface area contributed by atoms with E-state index in [1.54, 1.807) is 44.6 Å². The third-order valence-electron chi connectivity index (χ3n) is 5.94. The van der Waals surface area contributed by atoms with Crippen LogP contribution < -0.4 is 0 Å². The fraction of sp³-hybridized carbons (Fsp3) is 0.259. The molecule has 0 radical (unpaired) electrons. The standard InChI is InChI=1S/C27H27N5O4/c1-18-23(26(33)35-3)25(22-7-4-12-29-31-22)24(19(2)30-18)27(34)36-15-5-6-20-8-10-21(11-9-20)16-32-14-13-28-17-32/h4-14,17,23,25H,15-16H2,1-3H3. The SMILES string of the molecule is COC(=O)C1C(C)=NC(C)=C(C(=O)OCC=Cc2ccc(Cn3ccnc3)cc2)C1c1cccnn1. The molecule has 3 heterocycles. The van der Waals surface area contributed by atoms with Gasteiger partial charge in [-0.05, 0) is 43.2 Å². The second-order valence-electron chi connectivity index (χ2n) is 8.36. The third-order valence-corrected chi connectivity index (χ3v) is 5.94. The predicted octanol–water partition coefficient (Wildman–Crippen LogP) is 3.60. The van der Waals surface area contributed by atoms with E-state index in [9.17, 15) is 9.59 Å². The van der Waals surface area contributed by atoms with Gasteiger partial charge in [-0.3, -0.25) is 9.79 Å². The zero-order valence-electron chi connectivity index (χ0n) is 20.4. The molecule has 184 valence electrons. The van der Waals surface area contributed by atoms with Gasteiger partial charge in [0.1, 0.15) is 12.5 Å². The molecule has 9 heteroatoms. The fourth-order valence-electron chi connectivity index (χ4n) is 4.24. The molecule has 9 nitrogen and oxygen atoms in total. The quantitative estimate of drug-likeness (QED) is 0.449. The van der Waals surface area contributed by atoms with Crippen LogP contribution in [0.25, 0.3) is 6.08 Å². The van der Waals surface area contributed by atoms with Gasteiger partial charge in [0.15, 0.2) is 0 Å². The van der Waals surface area contributed by atoms with Crippen LogP contribution in [0.5, 0.6) is 0 Å². The molecule has 2 unspecified atom stereocenters. The van der Waals surface area contributed by atoms with Crippen molar-refractivity contribution in [3.05, 3.63) is 95.5 Å². The minimum Gasteiger partial charge on any atom is -0.468 e. The van der Waals surface area contributed by atoms with Gasteiger partial charge >= 0.3 is 11.9 Å². The van der Waals surface area contributed by atoms with Gasteiger partial charge in [-0.1, -0.05) is 30.3 Å². The number of benzene rings is 1. The number of esters is 2. The maximum Gasteiger partial charge on any atom is 0.336 e. The first kappa shape index (κ1) is 24.7. The van der Waals surface area contributed by atoms with Crippen molar-refractivity contribution in [2.45, 2.75) is 26.3 Å². The van der Waals surface area contributed by atoms with Crippen molar-refractivity contribution in [3.63, 3.8) is 0 Å². The van der Waals surface area contributed by atoms with Gasteiger partial charge < -0.3 is 14.0 Å². The molecule has 0 N–H and O–H groups in total. The Balaban J connectivity index is 1.46. The molecule has 0 fully saturated rings. The number of ether oxygens (including phenoxy) is 2. The van der Waals surface area contributed by atoms with Gasteiger partial charge in [0.05, 0.1) is 30.6 Å². The van der Waals surface area contributed by atoms with E-state index in [2.05, 4.69) is 20.2 Å². The lowest BCUT2D eigenvalue weighted by Gasteiger charge is -2.30. The van der Waals surface area contributed by atoms with Crippen LogP contribution in [-0.2, 0) is 25.6 Å². The maximum absolute atomic E-state index is 13.2. The molecule has 1 aliphatic heterocycles. The summed E-state index contributed by atoms with van der Waals surface area (Å²) in [4.78, 5) is 34.3. The molecule has 1 aromatic carbocycles. The van der Waals surface area contributed by atoms with E-state index in [1.165, 1.54) is 13.3 Å². The number of aromatic nitrogens is 4. The van der Waals surface area contributed by atoms with Crippen molar-refractivity contribution < 1.29 is 19.1 Å². The summed E-state index contributed by atoms with van der Waals surface area (Å²) in [6, 6.07) is 11.5.